The molecule has 0 amide bonds. The summed E-state index contributed by atoms with van der Waals surface area (Å²) in [5, 5.41) is 3.32. The second-order valence-corrected chi connectivity index (χ2v) is 5.01. The zero-order chi connectivity index (χ0) is 12.8. The average molecular weight is 306 g/mol. The molecule has 2 aromatic carbocycles. The summed E-state index contributed by atoms with van der Waals surface area (Å²) < 4.78 is 6.69. The van der Waals surface area contributed by atoms with E-state index in [1.807, 2.05) is 24.3 Å². The van der Waals surface area contributed by atoms with Crippen molar-refractivity contribution in [2.75, 3.05) is 18.5 Å². The molecule has 2 aromatic rings. The van der Waals surface area contributed by atoms with Crippen molar-refractivity contribution in [3.8, 4) is 5.75 Å². The van der Waals surface area contributed by atoms with Crippen molar-refractivity contribution in [2.45, 2.75) is 6.92 Å². The largest absolute Gasteiger partial charge is 0.492 e. The first-order chi connectivity index (χ1) is 8.74. The van der Waals surface area contributed by atoms with Gasteiger partial charge < -0.3 is 10.1 Å². The van der Waals surface area contributed by atoms with Crippen molar-refractivity contribution in [3.05, 3.63) is 58.6 Å². The summed E-state index contributed by atoms with van der Waals surface area (Å²) >= 11 is 3.40. The molecule has 2 rings (SSSR count). The molecule has 0 aromatic heterocycles. The summed E-state index contributed by atoms with van der Waals surface area (Å²) in [4.78, 5) is 0. The summed E-state index contributed by atoms with van der Waals surface area (Å²) in [7, 11) is 0. The van der Waals surface area contributed by atoms with Crippen LogP contribution in [-0.4, -0.2) is 13.2 Å². The van der Waals surface area contributed by atoms with Gasteiger partial charge in [0, 0.05) is 16.7 Å². The van der Waals surface area contributed by atoms with Gasteiger partial charge in [0.25, 0.3) is 0 Å². The smallest absolute Gasteiger partial charge is 0.119 e. The van der Waals surface area contributed by atoms with Gasteiger partial charge in [0.15, 0.2) is 0 Å². The van der Waals surface area contributed by atoms with Crippen LogP contribution in [0.15, 0.2) is 53.0 Å². The lowest BCUT2D eigenvalue weighted by molar-refractivity contribution is 0.333. The molecule has 0 saturated heterocycles. The van der Waals surface area contributed by atoms with Crippen LogP contribution in [0, 0.1) is 6.92 Å². The Morgan fingerprint density at radius 2 is 1.67 bits per heavy atom. The fourth-order valence-electron chi connectivity index (χ4n) is 1.57. The molecule has 0 atom stereocenters. The van der Waals surface area contributed by atoms with Crippen molar-refractivity contribution < 1.29 is 4.74 Å². The van der Waals surface area contributed by atoms with Gasteiger partial charge in [-0.15, -0.1) is 0 Å². The van der Waals surface area contributed by atoms with E-state index in [1.54, 1.807) is 0 Å². The maximum atomic E-state index is 5.62. The molecule has 18 heavy (non-hydrogen) atoms. The quantitative estimate of drug-likeness (QED) is 0.834. The SMILES string of the molecule is Cc1ccc(NCCOc2ccc(Br)cc2)cc1. The predicted molar refractivity (Wildman–Crippen MR) is 79.3 cm³/mol. The Hall–Kier alpha value is -1.48. The third kappa shape index (κ3) is 4.08. The Balaban J connectivity index is 1.73. The summed E-state index contributed by atoms with van der Waals surface area (Å²) in [6.07, 6.45) is 0. The van der Waals surface area contributed by atoms with Gasteiger partial charge in [-0.2, -0.15) is 0 Å². The number of hydrogen-bond donors (Lipinski definition) is 1. The molecule has 0 aliphatic carbocycles. The highest BCUT2D eigenvalue weighted by Gasteiger charge is 1.94. The van der Waals surface area contributed by atoms with Gasteiger partial charge in [0.1, 0.15) is 12.4 Å². The normalized spacial score (nSPS) is 10.1. The monoisotopic (exact) mass is 305 g/mol. The van der Waals surface area contributed by atoms with E-state index in [1.165, 1.54) is 5.56 Å². The van der Waals surface area contributed by atoms with E-state index in [4.69, 9.17) is 4.74 Å². The highest BCUT2D eigenvalue weighted by molar-refractivity contribution is 9.10. The van der Waals surface area contributed by atoms with E-state index in [0.717, 1.165) is 22.5 Å². The van der Waals surface area contributed by atoms with Crippen molar-refractivity contribution >= 4 is 21.6 Å². The summed E-state index contributed by atoms with van der Waals surface area (Å²) in [6.45, 7) is 3.52. The van der Waals surface area contributed by atoms with E-state index in [2.05, 4.69) is 52.4 Å². The number of ether oxygens (including phenoxy) is 1. The molecule has 2 nitrogen and oxygen atoms in total. The molecule has 0 radical (unpaired) electrons. The van der Waals surface area contributed by atoms with Gasteiger partial charge in [-0.1, -0.05) is 33.6 Å². The molecule has 0 bridgehead atoms. The van der Waals surface area contributed by atoms with Gasteiger partial charge >= 0.3 is 0 Å². The van der Waals surface area contributed by atoms with Gasteiger partial charge in [-0.3, -0.25) is 0 Å². The lowest BCUT2D eigenvalue weighted by Gasteiger charge is -2.08. The number of hydrogen-bond acceptors (Lipinski definition) is 2. The van der Waals surface area contributed by atoms with Gasteiger partial charge in [-0.05, 0) is 43.3 Å². The van der Waals surface area contributed by atoms with E-state index >= 15 is 0 Å². The zero-order valence-electron chi connectivity index (χ0n) is 10.3. The first-order valence-electron chi connectivity index (χ1n) is 5.93. The van der Waals surface area contributed by atoms with E-state index < -0.39 is 0 Å². The molecule has 0 unspecified atom stereocenters. The third-order valence-electron chi connectivity index (χ3n) is 2.57. The number of nitrogens with one attached hydrogen (secondary N) is 1. The molecule has 0 saturated carbocycles. The van der Waals surface area contributed by atoms with Gasteiger partial charge in [0.2, 0.25) is 0 Å². The lowest BCUT2D eigenvalue weighted by atomic mass is 10.2. The number of benzene rings is 2. The molecule has 94 valence electrons. The Kier molecular flexibility index (Phi) is 4.65. The van der Waals surface area contributed by atoms with Crippen LogP contribution in [0.5, 0.6) is 5.75 Å². The van der Waals surface area contributed by atoms with Crippen LogP contribution in [0.3, 0.4) is 0 Å². The second kappa shape index (κ2) is 6.45. The number of aryl methyl sites for hydroxylation is 1. The predicted octanol–water partition coefficient (Wildman–Crippen LogP) is 4.25. The molecule has 0 aliphatic rings. The standard InChI is InChI=1S/C15H16BrNO/c1-12-2-6-14(7-3-12)17-10-11-18-15-8-4-13(16)5-9-15/h2-9,17H,10-11H2,1H3. The zero-order valence-corrected chi connectivity index (χ0v) is 11.9. The van der Waals surface area contributed by atoms with Crippen molar-refractivity contribution in [3.63, 3.8) is 0 Å². The fraction of sp³-hybridized carbons (Fsp3) is 0.200. The molecule has 1 N–H and O–H groups in total. The molecular weight excluding hydrogens is 290 g/mol. The van der Waals surface area contributed by atoms with Crippen LogP contribution in [0.1, 0.15) is 5.56 Å². The minimum atomic E-state index is 0.648. The maximum absolute atomic E-state index is 5.62. The molecule has 3 heteroatoms. The van der Waals surface area contributed by atoms with Gasteiger partial charge in [-0.25, -0.2) is 0 Å². The lowest BCUT2D eigenvalue weighted by Crippen LogP contribution is -2.11. The number of rotatable bonds is 5. The van der Waals surface area contributed by atoms with Crippen LogP contribution in [-0.2, 0) is 0 Å². The third-order valence-corrected chi connectivity index (χ3v) is 3.09. The Labute approximate surface area is 116 Å². The van der Waals surface area contributed by atoms with Crippen molar-refractivity contribution in [1.82, 2.24) is 0 Å². The highest BCUT2D eigenvalue weighted by Crippen LogP contribution is 2.16. The fourth-order valence-corrected chi connectivity index (χ4v) is 1.83. The minimum Gasteiger partial charge on any atom is -0.492 e. The summed E-state index contributed by atoms with van der Waals surface area (Å²) in [6, 6.07) is 16.2. The number of anilines is 1. The Morgan fingerprint density at radius 3 is 2.33 bits per heavy atom. The first kappa shape index (κ1) is 13.0. The van der Waals surface area contributed by atoms with Crippen molar-refractivity contribution in [2.24, 2.45) is 0 Å². The second-order valence-electron chi connectivity index (χ2n) is 4.10. The van der Waals surface area contributed by atoms with Crippen LogP contribution in [0.4, 0.5) is 5.69 Å². The average Bonchev–Trinajstić information content (AvgIpc) is 2.39. The number of halogens is 1. The molecule has 0 heterocycles. The molecule has 0 fully saturated rings. The molecular formula is C15H16BrNO. The summed E-state index contributed by atoms with van der Waals surface area (Å²) in [5.41, 5.74) is 2.40. The first-order valence-corrected chi connectivity index (χ1v) is 6.72. The molecule has 0 spiro atoms. The summed E-state index contributed by atoms with van der Waals surface area (Å²) in [5.74, 6) is 0.893. The van der Waals surface area contributed by atoms with Crippen molar-refractivity contribution in [1.29, 1.82) is 0 Å². The topological polar surface area (TPSA) is 21.3 Å². The minimum absolute atomic E-state index is 0.648. The van der Waals surface area contributed by atoms with Crippen LogP contribution in [0.25, 0.3) is 0 Å². The van der Waals surface area contributed by atoms with Crippen LogP contribution >= 0.6 is 15.9 Å². The van der Waals surface area contributed by atoms with E-state index in [0.29, 0.717) is 6.61 Å². The van der Waals surface area contributed by atoms with Crippen LogP contribution in [0.2, 0.25) is 0 Å². The Bertz CT molecular complexity index is 431. The highest BCUT2D eigenvalue weighted by atomic mass is 79.9. The van der Waals surface area contributed by atoms with Crippen LogP contribution < -0.4 is 10.1 Å². The van der Waals surface area contributed by atoms with E-state index in [9.17, 15) is 0 Å². The maximum Gasteiger partial charge on any atom is 0.119 e. The molecule has 0 aliphatic heterocycles. The Morgan fingerprint density at radius 1 is 1.00 bits per heavy atom. The van der Waals surface area contributed by atoms with E-state index in [-0.39, 0.29) is 0 Å². The van der Waals surface area contributed by atoms with Gasteiger partial charge in [0.05, 0.1) is 0 Å².